The second-order valence-electron chi connectivity index (χ2n) is 5.10. The summed E-state index contributed by atoms with van der Waals surface area (Å²) in [6.07, 6.45) is 0. The third kappa shape index (κ3) is 5.57. The summed E-state index contributed by atoms with van der Waals surface area (Å²) < 4.78 is 10.4. The molecule has 3 N–H and O–H groups in total. The van der Waals surface area contributed by atoms with Crippen molar-refractivity contribution in [3.8, 4) is 5.75 Å². The Morgan fingerprint density at radius 1 is 1.08 bits per heavy atom. The summed E-state index contributed by atoms with van der Waals surface area (Å²) >= 11 is 0. The van der Waals surface area contributed by atoms with Gasteiger partial charge in [0.05, 0.1) is 13.2 Å². The third-order valence-corrected chi connectivity index (χ3v) is 3.38. The van der Waals surface area contributed by atoms with Gasteiger partial charge < -0.3 is 25.2 Å². The molecule has 0 aliphatic rings. The number of aliphatic hydroxyl groups excluding tert-OH is 1. The lowest BCUT2D eigenvalue weighted by Crippen LogP contribution is -2.28. The molecule has 0 aromatic heterocycles. The number of nitrogens with one attached hydrogen (secondary N) is 2. The lowest BCUT2D eigenvalue weighted by Gasteiger charge is -2.11. The van der Waals surface area contributed by atoms with Gasteiger partial charge in [0.2, 0.25) is 0 Å². The average molecular weight is 330 g/mol. The Bertz CT molecular complexity index is 661. The molecule has 0 saturated heterocycles. The van der Waals surface area contributed by atoms with Crippen LogP contribution in [0.4, 0.5) is 10.5 Å². The van der Waals surface area contributed by atoms with Crippen molar-refractivity contribution in [2.45, 2.75) is 13.2 Å². The number of anilines is 1. The first-order valence-electron chi connectivity index (χ1n) is 7.67. The largest absolute Gasteiger partial charge is 0.491 e. The predicted molar refractivity (Wildman–Crippen MR) is 92.0 cm³/mol. The third-order valence-electron chi connectivity index (χ3n) is 3.38. The lowest BCUT2D eigenvalue weighted by molar-refractivity contribution is 0.146. The van der Waals surface area contributed by atoms with Crippen molar-refractivity contribution in [2.24, 2.45) is 0 Å². The first-order valence-corrected chi connectivity index (χ1v) is 7.67. The highest BCUT2D eigenvalue weighted by Gasteiger charge is 2.05. The monoisotopic (exact) mass is 330 g/mol. The highest BCUT2D eigenvalue weighted by Crippen LogP contribution is 2.17. The SMILES string of the molecule is COCCOc1cccc(NC(=O)NCc2ccccc2CO)c1. The van der Waals surface area contributed by atoms with Gasteiger partial charge in [-0.15, -0.1) is 0 Å². The minimum Gasteiger partial charge on any atom is -0.491 e. The summed E-state index contributed by atoms with van der Waals surface area (Å²) in [6.45, 7) is 1.24. The van der Waals surface area contributed by atoms with Crippen LogP contribution in [0.25, 0.3) is 0 Å². The number of carbonyl (C=O) groups excluding carboxylic acids is 1. The Labute approximate surface area is 141 Å². The summed E-state index contributed by atoms with van der Waals surface area (Å²) in [5, 5.41) is 14.8. The fraction of sp³-hybridized carbons (Fsp3) is 0.278. The van der Waals surface area contributed by atoms with E-state index in [1.807, 2.05) is 30.3 Å². The maximum atomic E-state index is 12.0. The van der Waals surface area contributed by atoms with E-state index in [9.17, 15) is 9.90 Å². The van der Waals surface area contributed by atoms with Gasteiger partial charge in [-0.1, -0.05) is 30.3 Å². The van der Waals surface area contributed by atoms with Gasteiger partial charge in [-0.25, -0.2) is 4.79 Å². The van der Waals surface area contributed by atoms with Gasteiger partial charge in [-0.05, 0) is 23.3 Å². The molecule has 2 rings (SSSR count). The molecule has 0 saturated carbocycles. The summed E-state index contributed by atoms with van der Waals surface area (Å²) in [4.78, 5) is 12.0. The smallest absolute Gasteiger partial charge is 0.319 e. The molecule has 6 heteroatoms. The highest BCUT2D eigenvalue weighted by atomic mass is 16.5. The van der Waals surface area contributed by atoms with Crippen molar-refractivity contribution >= 4 is 11.7 Å². The molecular formula is C18H22N2O4. The molecule has 2 aromatic rings. The van der Waals surface area contributed by atoms with Crippen molar-refractivity contribution in [1.29, 1.82) is 0 Å². The number of hydrogen-bond donors (Lipinski definition) is 3. The van der Waals surface area contributed by atoms with E-state index in [1.165, 1.54) is 0 Å². The Hall–Kier alpha value is -2.57. The summed E-state index contributed by atoms with van der Waals surface area (Å²) in [5.74, 6) is 0.662. The van der Waals surface area contributed by atoms with E-state index < -0.39 is 0 Å². The van der Waals surface area contributed by atoms with Gasteiger partial charge in [0.1, 0.15) is 12.4 Å². The van der Waals surface area contributed by atoms with Gasteiger partial charge in [0.25, 0.3) is 0 Å². The van der Waals surface area contributed by atoms with E-state index in [4.69, 9.17) is 9.47 Å². The number of amides is 2. The zero-order valence-electron chi connectivity index (χ0n) is 13.6. The molecule has 2 amide bonds. The van der Waals surface area contributed by atoms with E-state index in [0.717, 1.165) is 11.1 Å². The van der Waals surface area contributed by atoms with E-state index in [1.54, 1.807) is 25.3 Å². The van der Waals surface area contributed by atoms with E-state index in [-0.39, 0.29) is 12.6 Å². The van der Waals surface area contributed by atoms with Crippen molar-refractivity contribution in [2.75, 3.05) is 25.6 Å². The maximum absolute atomic E-state index is 12.0. The minimum absolute atomic E-state index is 0.0552. The summed E-state index contributed by atoms with van der Waals surface area (Å²) in [7, 11) is 1.61. The number of methoxy groups -OCH3 is 1. The molecule has 24 heavy (non-hydrogen) atoms. The number of carbonyl (C=O) groups is 1. The van der Waals surface area contributed by atoms with Crippen LogP contribution >= 0.6 is 0 Å². The molecule has 0 atom stereocenters. The van der Waals surface area contributed by atoms with Gasteiger partial charge in [-0.3, -0.25) is 0 Å². The average Bonchev–Trinajstić information content (AvgIpc) is 2.61. The van der Waals surface area contributed by atoms with Crippen LogP contribution in [0.1, 0.15) is 11.1 Å². The number of urea groups is 1. The molecule has 0 aliphatic carbocycles. The summed E-state index contributed by atoms with van der Waals surface area (Å²) in [5.41, 5.74) is 2.32. The first kappa shape index (κ1) is 17.8. The molecule has 0 radical (unpaired) electrons. The normalized spacial score (nSPS) is 10.2. The Morgan fingerprint density at radius 2 is 1.88 bits per heavy atom. The predicted octanol–water partition coefficient (Wildman–Crippen LogP) is 2.53. The molecule has 2 aromatic carbocycles. The standard InChI is InChI=1S/C18H22N2O4/c1-23-9-10-24-17-8-4-7-16(11-17)20-18(22)19-12-14-5-2-3-6-15(14)13-21/h2-8,11,21H,9-10,12-13H2,1H3,(H2,19,20,22). The van der Waals surface area contributed by atoms with Crippen LogP contribution < -0.4 is 15.4 Å². The van der Waals surface area contributed by atoms with Crippen molar-refractivity contribution in [3.63, 3.8) is 0 Å². The molecule has 0 heterocycles. The van der Waals surface area contributed by atoms with Crippen LogP contribution in [0.2, 0.25) is 0 Å². The second kappa shape index (κ2) is 9.54. The summed E-state index contributed by atoms with van der Waals surface area (Å²) in [6, 6.07) is 14.2. The van der Waals surface area contributed by atoms with Gasteiger partial charge in [0.15, 0.2) is 0 Å². The number of rotatable bonds is 8. The van der Waals surface area contributed by atoms with Gasteiger partial charge in [0, 0.05) is 25.4 Å². The maximum Gasteiger partial charge on any atom is 0.319 e. The van der Waals surface area contributed by atoms with E-state index >= 15 is 0 Å². The first-order chi connectivity index (χ1) is 11.7. The van der Waals surface area contributed by atoms with Crippen LogP contribution in [-0.2, 0) is 17.9 Å². The quantitative estimate of drug-likeness (QED) is 0.650. The number of aliphatic hydroxyl groups is 1. The molecular weight excluding hydrogens is 308 g/mol. The van der Waals surface area contributed by atoms with Crippen molar-refractivity contribution in [1.82, 2.24) is 5.32 Å². The van der Waals surface area contributed by atoms with E-state index in [2.05, 4.69) is 10.6 Å². The zero-order valence-corrected chi connectivity index (χ0v) is 13.6. The van der Waals surface area contributed by atoms with Crippen LogP contribution in [-0.4, -0.2) is 31.5 Å². The second-order valence-corrected chi connectivity index (χ2v) is 5.10. The number of benzene rings is 2. The molecule has 0 fully saturated rings. The van der Waals surface area contributed by atoms with Crippen LogP contribution in [0.15, 0.2) is 48.5 Å². The Morgan fingerprint density at radius 3 is 2.62 bits per heavy atom. The van der Waals surface area contributed by atoms with Crippen LogP contribution in [0, 0.1) is 0 Å². The van der Waals surface area contributed by atoms with Crippen LogP contribution in [0.3, 0.4) is 0 Å². The van der Waals surface area contributed by atoms with Crippen molar-refractivity contribution < 1.29 is 19.4 Å². The molecule has 0 aliphatic heterocycles. The fourth-order valence-corrected chi connectivity index (χ4v) is 2.14. The van der Waals surface area contributed by atoms with Gasteiger partial charge >= 0.3 is 6.03 Å². The molecule has 128 valence electrons. The Balaban J connectivity index is 1.87. The highest BCUT2D eigenvalue weighted by molar-refractivity contribution is 5.89. The Kier molecular flexibility index (Phi) is 7.07. The lowest BCUT2D eigenvalue weighted by atomic mass is 10.1. The zero-order chi connectivity index (χ0) is 17.2. The fourth-order valence-electron chi connectivity index (χ4n) is 2.14. The van der Waals surface area contributed by atoms with Crippen molar-refractivity contribution in [3.05, 3.63) is 59.7 Å². The number of hydrogen-bond acceptors (Lipinski definition) is 4. The number of ether oxygens (including phenoxy) is 2. The minimum atomic E-state index is -0.322. The molecule has 0 unspecified atom stereocenters. The molecule has 0 bridgehead atoms. The molecule has 6 nitrogen and oxygen atoms in total. The molecule has 0 spiro atoms. The van der Waals surface area contributed by atoms with Gasteiger partial charge in [-0.2, -0.15) is 0 Å². The topological polar surface area (TPSA) is 79.8 Å². The van der Waals surface area contributed by atoms with E-state index in [0.29, 0.717) is 31.2 Å². The van der Waals surface area contributed by atoms with Crippen LogP contribution in [0.5, 0.6) is 5.75 Å².